The number of rotatable bonds is 49. The molecule has 0 bridgehead atoms. The Hall–Kier alpha value is -4.45. The Morgan fingerprint density at radius 1 is 0.314 bits per heavy atom. The van der Waals surface area contributed by atoms with E-state index in [1.165, 1.54) is 57.8 Å². The van der Waals surface area contributed by atoms with Gasteiger partial charge in [-0.25, -0.2) is 0 Å². The van der Waals surface area contributed by atoms with Crippen LogP contribution in [0.3, 0.4) is 0 Å². The molecule has 6 heteroatoms. The first-order valence-corrected chi connectivity index (χ1v) is 28.2. The van der Waals surface area contributed by atoms with Crippen molar-refractivity contribution in [2.75, 3.05) is 13.2 Å². The molecule has 0 aromatic rings. The summed E-state index contributed by atoms with van der Waals surface area (Å²) in [4.78, 5) is 38.1. The number of ether oxygens (including phenoxy) is 3. The predicted molar refractivity (Wildman–Crippen MR) is 302 cm³/mol. The van der Waals surface area contributed by atoms with Gasteiger partial charge >= 0.3 is 17.9 Å². The van der Waals surface area contributed by atoms with Crippen molar-refractivity contribution in [3.63, 3.8) is 0 Å². The summed E-state index contributed by atoms with van der Waals surface area (Å²) in [7, 11) is 0. The van der Waals surface area contributed by atoms with Crippen LogP contribution in [0.4, 0.5) is 0 Å². The maximum Gasteiger partial charge on any atom is 0.306 e. The molecule has 0 amide bonds. The maximum atomic E-state index is 12.8. The Labute approximate surface area is 430 Å². The van der Waals surface area contributed by atoms with Gasteiger partial charge in [0, 0.05) is 19.3 Å². The highest BCUT2D eigenvalue weighted by Crippen LogP contribution is 2.13. The summed E-state index contributed by atoms with van der Waals surface area (Å²) in [6.07, 6.45) is 80.1. The number of allylic oxidation sites excluding steroid dienone is 22. The van der Waals surface area contributed by atoms with Crippen LogP contribution in [0.1, 0.15) is 233 Å². The predicted octanol–water partition coefficient (Wildman–Crippen LogP) is 19.0. The Morgan fingerprint density at radius 2 is 0.614 bits per heavy atom. The molecule has 0 rings (SSSR count). The second-order valence-corrected chi connectivity index (χ2v) is 18.1. The summed E-state index contributed by atoms with van der Waals surface area (Å²) in [6, 6.07) is 0. The lowest BCUT2D eigenvalue weighted by Crippen LogP contribution is -2.30. The van der Waals surface area contributed by atoms with Crippen molar-refractivity contribution in [3.05, 3.63) is 134 Å². The Kier molecular flexibility index (Phi) is 53.5. The van der Waals surface area contributed by atoms with Gasteiger partial charge in [0.05, 0.1) is 0 Å². The fraction of sp³-hybridized carbons (Fsp3) is 0.609. The van der Waals surface area contributed by atoms with E-state index in [1.807, 2.05) is 0 Å². The third kappa shape index (κ3) is 54.5. The van der Waals surface area contributed by atoms with Crippen molar-refractivity contribution in [3.8, 4) is 0 Å². The Balaban J connectivity index is 4.56. The van der Waals surface area contributed by atoms with E-state index >= 15 is 0 Å². The SMILES string of the molecule is CC/C=C\C/C=C\C/C=C\C/C=C\C/C=C\CCCC(=O)OC(COC(=O)CCCCC/C=C\C=C/CCCCCCCCC)COC(=O)CCCCCCCC/C=C\C/C=C\C/C=C\C/C=C\CC. The lowest BCUT2D eigenvalue weighted by atomic mass is 10.1. The van der Waals surface area contributed by atoms with E-state index in [-0.39, 0.29) is 37.5 Å². The smallest absolute Gasteiger partial charge is 0.306 e. The van der Waals surface area contributed by atoms with Gasteiger partial charge in [0.2, 0.25) is 0 Å². The molecule has 6 nitrogen and oxygen atoms in total. The first-order valence-electron chi connectivity index (χ1n) is 28.2. The van der Waals surface area contributed by atoms with Crippen molar-refractivity contribution in [1.29, 1.82) is 0 Å². The van der Waals surface area contributed by atoms with Gasteiger partial charge in [-0.3, -0.25) is 14.4 Å². The lowest BCUT2D eigenvalue weighted by Gasteiger charge is -2.18. The van der Waals surface area contributed by atoms with Gasteiger partial charge in [-0.05, 0) is 122 Å². The first kappa shape index (κ1) is 65.5. The van der Waals surface area contributed by atoms with E-state index in [2.05, 4.69) is 154 Å². The maximum absolute atomic E-state index is 12.8. The molecule has 70 heavy (non-hydrogen) atoms. The zero-order valence-corrected chi connectivity index (χ0v) is 45.0. The highest BCUT2D eigenvalue weighted by molar-refractivity contribution is 5.71. The molecule has 0 fully saturated rings. The van der Waals surface area contributed by atoms with E-state index in [1.54, 1.807) is 0 Å². The van der Waals surface area contributed by atoms with Crippen LogP contribution >= 0.6 is 0 Å². The van der Waals surface area contributed by atoms with Crippen LogP contribution in [0.5, 0.6) is 0 Å². The zero-order chi connectivity index (χ0) is 50.7. The first-order chi connectivity index (χ1) is 34.5. The molecule has 0 radical (unpaired) electrons. The quantitative estimate of drug-likeness (QED) is 0.0199. The number of carbonyl (C=O) groups excluding carboxylic acids is 3. The number of hydrogen-bond donors (Lipinski definition) is 0. The molecular formula is C64H102O6. The van der Waals surface area contributed by atoms with Crippen LogP contribution in [0.25, 0.3) is 0 Å². The lowest BCUT2D eigenvalue weighted by molar-refractivity contribution is -0.167. The normalized spacial score (nSPS) is 13.1. The number of carbonyl (C=O) groups is 3. The molecule has 0 saturated heterocycles. The highest BCUT2D eigenvalue weighted by Gasteiger charge is 2.19. The van der Waals surface area contributed by atoms with Gasteiger partial charge in [-0.15, -0.1) is 0 Å². The van der Waals surface area contributed by atoms with Gasteiger partial charge < -0.3 is 14.2 Å². The third-order valence-electron chi connectivity index (χ3n) is 11.4. The topological polar surface area (TPSA) is 78.9 Å². The summed E-state index contributed by atoms with van der Waals surface area (Å²) in [5.74, 6) is -1.02. The minimum atomic E-state index is -0.830. The molecule has 394 valence electrons. The molecular weight excluding hydrogens is 865 g/mol. The van der Waals surface area contributed by atoms with Crippen LogP contribution < -0.4 is 0 Å². The van der Waals surface area contributed by atoms with Gasteiger partial charge in [0.1, 0.15) is 13.2 Å². The molecule has 0 spiro atoms. The highest BCUT2D eigenvalue weighted by atomic mass is 16.6. The third-order valence-corrected chi connectivity index (χ3v) is 11.4. The molecule has 0 saturated carbocycles. The molecule has 1 atom stereocenters. The average Bonchev–Trinajstić information content (AvgIpc) is 3.36. The second-order valence-electron chi connectivity index (χ2n) is 18.1. The molecule has 0 heterocycles. The zero-order valence-electron chi connectivity index (χ0n) is 45.0. The van der Waals surface area contributed by atoms with Gasteiger partial charge in [0.15, 0.2) is 6.10 Å². The monoisotopic (exact) mass is 967 g/mol. The van der Waals surface area contributed by atoms with Crippen LogP contribution in [0.2, 0.25) is 0 Å². The molecule has 1 unspecified atom stereocenters. The minimum absolute atomic E-state index is 0.121. The van der Waals surface area contributed by atoms with E-state index in [0.29, 0.717) is 19.3 Å². The second kappa shape index (κ2) is 57.1. The minimum Gasteiger partial charge on any atom is -0.462 e. The van der Waals surface area contributed by atoms with Gasteiger partial charge in [-0.2, -0.15) is 0 Å². The fourth-order valence-electron chi connectivity index (χ4n) is 7.22. The number of hydrogen-bond acceptors (Lipinski definition) is 6. The van der Waals surface area contributed by atoms with E-state index in [0.717, 1.165) is 128 Å². The van der Waals surface area contributed by atoms with E-state index < -0.39 is 6.10 Å². The molecule has 0 aliphatic heterocycles. The molecule has 0 aliphatic carbocycles. The molecule has 0 N–H and O–H groups in total. The van der Waals surface area contributed by atoms with Crippen LogP contribution in [0.15, 0.2) is 134 Å². The summed E-state index contributed by atoms with van der Waals surface area (Å²) < 4.78 is 16.8. The standard InChI is InChI=1S/C64H102O6/c1-4-7-10-13-16-19-22-25-28-31-32-34-36-39-42-45-48-51-54-57-63(66)69-60-61(59-68-62(65)56-53-50-47-44-41-38-35-30-27-24-21-18-15-12-9-6-3)70-64(67)58-55-52-49-46-43-40-37-33-29-26-23-20-17-14-11-8-5-2/h7-8,10-11,16-17,19-20,25-26,28-30,32,34-35,37-38,40-41,46,49,61H,4-6,9,12-15,18,21-24,27,31,33,36,39,42-45,47-48,50-60H2,1-3H3/b10-7-,11-8-,19-16-,20-17-,28-25-,29-26-,34-32-,35-30-,40-37-,41-38-,49-46-. The van der Waals surface area contributed by atoms with Gasteiger partial charge in [-0.1, -0.05) is 225 Å². The summed E-state index contributed by atoms with van der Waals surface area (Å²) in [6.45, 7) is 6.31. The van der Waals surface area contributed by atoms with Crippen molar-refractivity contribution in [2.24, 2.45) is 0 Å². The van der Waals surface area contributed by atoms with Crippen molar-refractivity contribution >= 4 is 17.9 Å². The van der Waals surface area contributed by atoms with Crippen LogP contribution in [-0.2, 0) is 28.6 Å². The van der Waals surface area contributed by atoms with Crippen molar-refractivity contribution < 1.29 is 28.6 Å². The summed E-state index contributed by atoms with van der Waals surface area (Å²) in [5, 5.41) is 0. The van der Waals surface area contributed by atoms with Gasteiger partial charge in [0.25, 0.3) is 0 Å². The number of unbranched alkanes of at least 4 members (excludes halogenated alkanes) is 17. The average molecular weight is 968 g/mol. The molecule has 0 aliphatic rings. The summed E-state index contributed by atoms with van der Waals surface area (Å²) >= 11 is 0. The molecule has 0 aromatic heterocycles. The van der Waals surface area contributed by atoms with E-state index in [9.17, 15) is 14.4 Å². The largest absolute Gasteiger partial charge is 0.462 e. The fourth-order valence-corrected chi connectivity index (χ4v) is 7.22. The Morgan fingerprint density at radius 3 is 1.01 bits per heavy atom. The summed E-state index contributed by atoms with van der Waals surface area (Å²) in [5.41, 5.74) is 0. The Bertz CT molecular complexity index is 1530. The number of esters is 3. The molecule has 0 aromatic carbocycles. The van der Waals surface area contributed by atoms with Crippen molar-refractivity contribution in [1.82, 2.24) is 0 Å². The van der Waals surface area contributed by atoms with Crippen molar-refractivity contribution in [2.45, 2.75) is 239 Å². The van der Waals surface area contributed by atoms with Crippen LogP contribution in [-0.4, -0.2) is 37.2 Å². The van der Waals surface area contributed by atoms with Crippen LogP contribution in [0, 0.1) is 0 Å². The van der Waals surface area contributed by atoms with E-state index in [4.69, 9.17) is 14.2 Å².